The van der Waals surface area contributed by atoms with Crippen molar-refractivity contribution < 1.29 is 13.6 Å². The number of thiazole rings is 1. The molecule has 0 radical (unpaired) electrons. The summed E-state index contributed by atoms with van der Waals surface area (Å²) < 4.78 is 27.8. The van der Waals surface area contributed by atoms with Crippen molar-refractivity contribution in [3.8, 4) is 11.4 Å². The van der Waals surface area contributed by atoms with E-state index in [4.69, 9.17) is 0 Å². The fraction of sp³-hybridized carbons (Fsp3) is 0.421. The number of nitrogens with one attached hydrogen (secondary N) is 1. The summed E-state index contributed by atoms with van der Waals surface area (Å²) in [6, 6.07) is 7.12. The highest BCUT2D eigenvalue weighted by atomic mass is 32.1. The number of alkyl halides is 2. The Morgan fingerprint density at radius 1 is 1.34 bits per heavy atom. The first-order chi connectivity index (χ1) is 13.8. The summed E-state index contributed by atoms with van der Waals surface area (Å²) in [5, 5.41) is 15.2. The van der Waals surface area contributed by atoms with Crippen LogP contribution >= 0.6 is 11.3 Å². The van der Waals surface area contributed by atoms with Gasteiger partial charge in [0.05, 0.1) is 13.0 Å². The number of halogens is 2. The number of aryl methyl sites for hydroxylation is 2. The van der Waals surface area contributed by atoms with Crippen LogP contribution in [0.3, 0.4) is 0 Å². The second-order valence-corrected chi connectivity index (χ2v) is 8.56. The van der Waals surface area contributed by atoms with Gasteiger partial charge >= 0.3 is 0 Å². The molecule has 4 rings (SSSR count). The Morgan fingerprint density at radius 3 is 2.66 bits per heavy atom. The fourth-order valence-electron chi connectivity index (χ4n) is 3.74. The van der Waals surface area contributed by atoms with E-state index in [1.165, 1.54) is 16.1 Å². The topological polar surface area (TPSA) is 85.6 Å². The zero-order valence-corrected chi connectivity index (χ0v) is 16.8. The van der Waals surface area contributed by atoms with Gasteiger partial charge in [-0.2, -0.15) is 4.80 Å². The Hall–Kier alpha value is -2.75. The van der Waals surface area contributed by atoms with Gasteiger partial charge in [0.15, 0.2) is 5.13 Å². The number of anilines is 1. The molecule has 1 aliphatic carbocycles. The van der Waals surface area contributed by atoms with E-state index in [1.807, 2.05) is 6.92 Å². The minimum Gasteiger partial charge on any atom is -0.301 e. The highest BCUT2D eigenvalue weighted by molar-refractivity contribution is 7.15. The maximum absolute atomic E-state index is 13.9. The number of hydrogen-bond acceptors (Lipinski definition) is 6. The summed E-state index contributed by atoms with van der Waals surface area (Å²) in [6.45, 7) is 1.89. The van der Waals surface area contributed by atoms with Gasteiger partial charge in [0.1, 0.15) is 0 Å². The van der Waals surface area contributed by atoms with Gasteiger partial charge in [-0.15, -0.1) is 21.5 Å². The third-order valence-corrected chi connectivity index (χ3v) is 5.91. The third kappa shape index (κ3) is 4.31. The molecule has 29 heavy (non-hydrogen) atoms. The molecule has 0 unspecified atom stereocenters. The zero-order valence-electron chi connectivity index (χ0n) is 16.0. The lowest BCUT2D eigenvalue weighted by Crippen LogP contribution is -2.27. The van der Waals surface area contributed by atoms with Crippen molar-refractivity contribution in [2.75, 3.05) is 5.32 Å². The highest BCUT2D eigenvalue weighted by Crippen LogP contribution is 2.46. The van der Waals surface area contributed by atoms with Crippen LogP contribution in [-0.2, 0) is 11.8 Å². The average molecular weight is 418 g/mol. The maximum atomic E-state index is 13.9. The summed E-state index contributed by atoms with van der Waals surface area (Å²) in [6.07, 6.45) is 1.48. The van der Waals surface area contributed by atoms with Crippen molar-refractivity contribution in [2.24, 2.45) is 13.0 Å². The number of amides is 1. The van der Waals surface area contributed by atoms with Gasteiger partial charge in [-0.1, -0.05) is 24.3 Å². The van der Waals surface area contributed by atoms with Crippen LogP contribution in [0.2, 0.25) is 0 Å². The lowest BCUT2D eigenvalue weighted by atomic mass is 9.83. The molecule has 1 N–H and O–H groups in total. The number of benzene rings is 1. The molecule has 1 aromatic carbocycles. The number of carbonyl (C=O) groups excluding carboxylic acids is 1. The zero-order chi connectivity index (χ0) is 20.6. The van der Waals surface area contributed by atoms with Gasteiger partial charge in [-0.3, -0.25) is 4.79 Å². The van der Waals surface area contributed by atoms with Crippen molar-refractivity contribution in [3.05, 3.63) is 40.9 Å². The second-order valence-electron chi connectivity index (χ2n) is 7.33. The molecule has 152 valence electrons. The minimum absolute atomic E-state index is 0.195. The number of tetrazole rings is 1. The fourth-order valence-corrected chi connectivity index (χ4v) is 4.41. The molecule has 3 aromatic rings. The first-order valence-electron chi connectivity index (χ1n) is 9.26. The molecule has 1 amide bonds. The minimum atomic E-state index is -2.73. The normalized spacial score (nSPS) is 19.2. The monoisotopic (exact) mass is 418 g/mol. The lowest BCUT2D eigenvalue weighted by Gasteiger charge is -2.23. The molecule has 2 atom stereocenters. The van der Waals surface area contributed by atoms with Crippen molar-refractivity contribution in [1.82, 2.24) is 25.2 Å². The van der Waals surface area contributed by atoms with Crippen molar-refractivity contribution in [3.63, 3.8) is 0 Å². The summed E-state index contributed by atoms with van der Waals surface area (Å²) >= 11 is 1.36. The molecule has 0 aliphatic heterocycles. The molecule has 1 aliphatic rings. The SMILES string of the molecule is Cc1cnc(NC(=O)[C@H](c2ccc(-c3nnn(C)n3)cc2)[C@H]2CCC(F)(F)C2)s1. The number of aromatic nitrogens is 5. The van der Waals surface area contributed by atoms with Crippen LogP contribution in [0.5, 0.6) is 0 Å². The largest absolute Gasteiger partial charge is 0.301 e. The van der Waals surface area contributed by atoms with Crippen molar-refractivity contribution >= 4 is 22.4 Å². The summed E-state index contributed by atoms with van der Waals surface area (Å²) in [4.78, 5) is 19.5. The van der Waals surface area contributed by atoms with Crippen LogP contribution < -0.4 is 5.32 Å². The van der Waals surface area contributed by atoms with E-state index in [1.54, 1.807) is 37.5 Å². The van der Waals surface area contributed by atoms with Crippen LogP contribution in [0, 0.1) is 12.8 Å². The number of hydrogen-bond donors (Lipinski definition) is 1. The summed E-state index contributed by atoms with van der Waals surface area (Å²) in [5.74, 6) is -3.70. The van der Waals surface area contributed by atoms with Crippen LogP contribution in [0.15, 0.2) is 30.5 Å². The Labute approximate surface area is 170 Å². The quantitative estimate of drug-likeness (QED) is 0.681. The smallest absolute Gasteiger partial charge is 0.248 e. The van der Waals surface area contributed by atoms with Gasteiger partial charge < -0.3 is 5.32 Å². The van der Waals surface area contributed by atoms with E-state index in [-0.39, 0.29) is 18.7 Å². The lowest BCUT2D eigenvalue weighted by molar-refractivity contribution is -0.118. The van der Waals surface area contributed by atoms with Crippen molar-refractivity contribution in [2.45, 2.75) is 38.0 Å². The first kappa shape index (κ1) is 19.6. The number of nitrogens with zero attached hydrogens (tertiary/aromatic N) is 5. The van der Waals surface area contributed by atoms with E-state index >= 15 is 0 Å². The maximum Gasteiger partial charge on any atom is 0.248 e. The molecule has 1 saturated carbocycles. The van der Waals surface area contributed by atoms with Gasteiger partial charge in [0.2, 0.25) is 17.7 Å². The molecule has 2 heterocycles. The summed E-state index contributed by atoms with van der Waals surface area (Å²) in [7, 11) is 1.67. The van der Waals surface area contributed by atoms with E-state index in [9.17, 15) is 13.6 Å². The molecular formula is C19H20F2N6OS. The standard InChI is InChI=1S/C19H20F2N6OS/c1-11-10-22-18(29-11)23-17(28)15(14-7-8-19(20,21)9-14)12-3-5-13(6-4-12)16-24-26-27(2)25-16/h3-6,10,14-15H,7-9H2,1-2H3,(H,22,23,28)/t14-,15+/m0/s1. The molecule has 10 heteroatoms. The summed E-state index contributed by atoms with van der Waals surface area (Å²) in [5.41, 5.74) is 1.43. The van der Waals surface area contributed by atoms with Gasteiger partial charge in [0.25, 0.3) is 0 Å². The molecule has 1 fully saturated rings. The molecule has 0 saturated heterocycles. The van der Waals surface area contributed by atoms with Crippen LogP contribution in [0.4, 0.5) is 13.9 Å². The Bertz CT molecular complexity index is 1020. The predicted molar refractivity (Wildman–Crippen MR) is 105 cm³/mol. The predicted octanol–water partition coefficient (Wildman–Crippen LogP) is 3.80. The molecular weight excluding hydrogens is 398 g/mol. The number of rotatable bonds is 5. The highest BCUT2D eigenvalue weighted by Gasteiger charge is 2.45. The first-order valence-corrected chi connectivity index (χ1v) is 10.1. The average Bonchev–Trinajstić information content (AvgIpc) is 3.37. The van der Waals surface area contributed by atoms with Gasteiger partial charge in [-0.05, 0) is 30.0 Å². The van der Waals surface area contributed by atoms with E-state index in [0.717, 1.165) is 10.4 Å². The van der Waals surface area contributed by atoms with E-state index in [2.05, 4.69) is 25.7 Å². The molecule has 0 spiro atoms. The Kier molecular flexibility index (Phi) is 5.12. The molecule has 0 bridgehead atoms. The Morgan fingerprint density at radius 2 is 2.10 bits per heavy atom. The third-order valence-electron chi connectivity index (χ3n) is 5.08. The van der Waals surface area contributed by atoms with Crippen LogP contribution in [0.25, 0.3) is 11.4 Å². The molecule has 7 nitrogen and oxygen atoms in total. The molecule has 2 aromatic heterocycles. The van der Waals surface area contributed by atoms with Crippen LogP contribution in [-0.4, -0.2) is 37.0 Å². The van der Waals surface area contributed by atoms with Crippen molar-refractivity contribution in [1.29, 1.82) is 0 Å². The van der Waals surface area contributed by atoms with E-state index in [0.29, 0.717) is 22.9 Å². The van der Waals surface area contributed by atoms with Gasteiger partial charge in [-0.25, -0.2) is 13.8 Å². The van der Waals surface area contributed by atoms with E-state index < -0.39 is 17.8 Å². The van der Waals surface area contributed by atoms with Crippen LogP contribution in [0.1, 0.15) is 35.6 Å². The number of carbonyl (C=O) groups is 1. The van der Waals surface area contributed by atoms with Gasteiger partial charge in [0, 0.05) is 29.5 Å². The second kappa shape index (κ2) is 7.58. The Balaban J connectivity index is 1.61.